The fourth-order valence-electron chi connectivity index (χ4n) is 7.81. The SMILES string of the molecule is CC12C(=O)N(c3ccc(F)c(Cl)c3)C(=O)C1CC1C(=CCC3C(=O)N(O)C(=O)C31)C2c1ccc(OCc2ccccc2)cc1O. The highest BCUT2D eigenvalue weighted by Gasteiger charge is 2.68. The molecule has 45 heavy (non-hydrogen) atoms. The van der Waals surface area contributed by atoms with E-state index in [2.05, 4.69) is 0 Å². The van der Waals surface area contributed by atoms with Crippen molar-refractivity contribution < 1.29 is 38.6 Å². The number of hydrogen-bond donors (Lipinski definition) is 2. The predicted molar refractivity (Wildman–Crippen MR) is 159 cm³/mol. The Balaban J connectivity index is 1.33. The molecule has 6 atom stereocenters. The van der Waals surface area contributed by atoms with Crippen LogP contribution >= 0.6 is 11.6 Å². The van der Waals surface area contributed by atoms with E-state index < -0.39 is 64.5 Å². The molecule has 6 unspecified atom stereocenters. The first kappa shape index (κ1) is 29.2. The van der Waals surface area contributed by atoms with Crippen LogP contribution in [0.3, 0.4) is 0 Å². The Labute approximate surface area is 262 Å². The second-order valence-corrected chi connectivity index (χ2v) is 12.7. The summed E-state index contributed by atoms with van der Waals surface area (Å²) in [6.07, 6.45) is 2.01. The standard InChI is InChI=1S/C34H28ClFN2O7/c1-34-24(31(41)37(33(34)43)18-7-12-26(36)25(35)13-18)15-23-20(10-11-22-28(23)32(42)38(44)30(22)40)29(34)21-9-8-19(14-27(21)39)45-16-17-5-3-2-4-6-17/h2-10,12-14,22-24,28-29,39,44H,11,15-16H2,1H3. The van der Waals surface area contributed by atoms with Gasteiger partial charge < -0.3 is 9.84 Å². The maximum atomic E-state index is 14.4. The van der Waals surface area contributed by atoms with Crippen molar-refractivity contribution in [1.29, 1.82) is 0 Å². The lowest BCUT2D eigenvalue weighted by Crippen LogP contribution is -2.48. The summed E-state index contributed by atoms with van der Waals surface area (Å²) in [5.74, 6) is -7.31. The van der Waals surface area contributed by atoms with E-state index in [4.69, 9.17) is 16.3 Å². The largest absolute Gasteiger partial charge is 0.508 e. The van der Waals surface area contributed by atoms with E-state index in [0.29, 0.717) is 16.9 Å². The van der Waals surface area contributed by atoms with Crippen molar-refractivity contribution >= 4 is 40.9 Å². The number of benzene rings is 3. The van der Waals surface area contributed by atoms with Crippen molar-refractivity contribution in [1.82, 2.24) is 5.06 Å². The summed E-state index contributed by atoms with van der Waals surface area (Å²) in [5.41, 5.74) is 0.588. The van der Waals surface area contributed by atoms with Crippen molar-refractivity contribution in [2.75, 3.05) is 4.90 Å². The molecule has 0 radical (unpaired) electrons. The molecular weight excluding hydrogens is 603 g/mol. The molecule has 1 saturated carbocycles. The number of ether oxygens (including phenoxy) is 1. The fourth-order valence-corrected chi connectivity index (χ4v) is 7.99. The highest BCUT2D eigenvalue weighted by molar-refractivity contribution is 6.31. The van der Waals surface area contributed by atoms with Gasteiger partial charge in [0.1, 0.15) is 23.9 Å². The topological polar surface area (TPSA) is 124 Å². The van der Waals surface area contributed by atoms with Crippen LogP contribution in [0.4, 0.5) is 10.1 Å². The van der Waals surface area contributed by atoms with Crippen molar-refractivity contribution in [3.63, 3.8) is 0 Å². The number of imide groups is 2. The zero-order valence-corrected chi connectivity index (χ0v) is 24.8. The Hall–Kier alpha value is -4.54. The van der Waals surface area contributed by atoms with Crippen molar-refractivity contribution in [3.8, 4) is 11.5 Å². The molecule has 3 aromatic carbocycles. The van der Waals surface area contributed by atoms with E-state index in [1.54, 1.807) is 25.1 Å². The number of phenolic OH excluding ortho intramolecular Hbond substituents is 1. The molecule has 230 valence electrons. The van der Waals surface area contributed by atoms with E-state index in [0.717, 1.165) is 16.5 Å². The van der Waals surface area contributed by atoms with Gasteiger partial charge in [-0.2, -0.15) is 5.06 Å². The summed E-state index contributed by atoms with van der Waals surface area (Å²) in [6.45, 7) is 1.92. The molecule has 4 amide bonds. The molecule has 2 saturated heterocycles. The third-order valence-electron chi connectivity index (χ3n) is 9.97. The molecule has 3 aromatic rings. The Morgan fingerprint density at radius 3 is 2.44 bits per heavy atom. The van der Waals surface area contributed by atoms with Crippen LogP contribution in [-0.2, 0) is 25.8 Å². The highest BCUT2D eigenvalue weighted by atomic mass is 35.5. The van der Waals surface area contributed by atoms with Gasteiger partial charge in [-0.05, 0) is 55.5 Å². The van der Waals surface area contributed by atoms with Crippen molar-refractivity contribution in [2.24, 2.45) is 29.1 Å². The van der Waals surface area contributed by atoms with Crippen molar-refractivity contribution in [2.45, 2.75) is 32.3 Å². The number of nitrogens with zero attached hydrogens (tertiary/aromatic N) is 2. The molecular formula is C34H28ClFN2O7. The number of allylic oxidation sites excluding steroid dienone is 2. The second-order valence-electron chi connectivity index (χ2n) is 12.2. The average Bonchev–Trinajstić information content (AvgIpc) is 3.37. The molecule has 0 aromatic heterocycles. The lowest BCUT2D eigenvalue weighted by molar-refractivity contribution is -0.173. The summed E-state index contributed by atoms with van der Waals surface area (Å²) >= 11 is 6.03. The van der Waals surface area contributed by atoms with Crippen LogP contribution < -0.4 is 9.64 Å². The van der Waals surface area contributed by atoms with Crippen LogP contribution in [0.1, 0.15) is 36.8 Å². The summed E-state index contributed by atoms with van der Waals surface area (Å²) < 4.78 is 19.9. The second kappa shape index (κ2) is 10.5. The third kappa shape index (κ3) is 4.30. The van der Waals surface area contributed by atoms with Gasteiger partial charge in [0, 0.05) is 17.5 Å². The van der Waals surface area contributed by atoms with Crippen LogP contribution in [-0.4, -0.2) is 39.0 Å². The molecule has 0 spiro atoms. The quantitative estimate of drug-likeness (QED) is 0.220. The zero-order valence-electron chi connectivity index (χ0n) is 24.0. The first-order valence-electron chi connectivity index (χ1n) is 14.6. The smallest absolute Gasteiger partial charge is 0.257 e. The Morgan fingerprint density at radius 1 is 0.978 bits per heavy atom. The number of amides is 4. The average molecular weight is 631 g/mol. The van der Waals surface area contributed by atoms with E-state index in [-0.39, 0.29) is 41.0 Å². The summed E-state index contributed by atoms with van der Waals surface area (Å²) in [4.78, 5) is 55.4. The Kier molecular flexibility index (Phi) is 6.83. The van der Waals surface area contributed by atoms with Crippen molar-refractivity contribution in [3.05, 3.63) is 100 Å². The molecule has 3 fully saturated rings. The van der Waals surface area contributed by atoms with Gasteiger partial charge >= 0.3 is 0 Å². The van der Waals surface area contributed by atoms with E-state index in [1.807, 2.05) is 30.3 Å². The summed E-state index contributed by atoms with van der Waals surface area (Å²) in [5, 5.41) is 21.6. The summed E-state index contributed by atoms with van der Waals surface area (Å²) in [6, 6.07) is 17.8. The van der Waals surface area contributed by atoms with Crippen LogP contribution in [0, 0.1) is 34.9 Å². The number of carbonyl (C=O) groups is 4. The summed E-state index contributed by atoms with van der Waals surface area (Å²) in [7, 11) is 0. The fraction of sp³-hybridized carbons (Fsp3) is 0.294. The van der Waals surface area contributed by atoms with Gasteiger partial charge in [0.2, 0.25) is 11.8 Å². The lowest BCUT2D eigenvalue weighted by atomic mass is 9.51. The van der Waals surface area contributed by atoms with E-state index in [9.17, 15) is 33.9 Å². The number of hydrogen-bond acceptors (Lipinski definition) is 7. The number of rotatable bonds is 5. The van der Waals surface area contributed by atoms with Gasteiger partial charge in [-0.15, -0.1) is 0 Å². The number of anilines is 1. The van der Waals surface area contributed by atoms with Gasteiger partial charge in [-0.3, -0.25) is 24.4 Å². The predicted octanol–water partition coefficient (Wildman–Crippen LogP) is 5.38. The molecule has 2 heterocycles. The number of halogens is 2. The molecule has 4 aliphatic rings. The number of hydroxylamine groups is 2. The minimum atomic E-state index is -1.43. The Bertz CT molecular complexity index is 1810. The minimum absolute atomic E-state index is 0.0574. The lowest BCUT2D eigenvalue weighted by Gasteiger charge is -2.49. The molecule has 0 bridgehead atoms. The molecule has 2 aliphatic carbocycles. The Morgan fingerprint density at radius 2 is 1.73 bits per heavy atom. The molecule has 9 nitrogen and oxygen atoms in total. The maximum Gasteiger partial charge on any atom is 0.257 e. The number of phenols is 1. The van der Waals surface area contributed by atoms with Gasteiger partial charge in [0.25, 0.3) is 11.8 Å². The van der Waals surface area contributed by atoms with Gasteiger partial charge in [-0.1, -0.05) is 59.6 Å². The highest BCUT2D eigenvalue weighted by Crippen LogP contribution is 2.64. The monoisotopic (exact) mass is 630 g/mol. The zero-order chi connectivity index (χ0) is 31.8. The molecule has 7 rings (SSSR count). The molecule has 2 aliphatic heterocycles. The first-order chi connectivity index (χ1) is 21.5. The van der Waals surface area contributed by atoms with E-state index in [1.165, 1.54) is 18.2 Å². The number of fused-ring (bicyclic) bond motifs is 4. The maximum absolute atomic E-state index is 14.4. The van der Waals surface area contributed by atoms with Gasteiger partial charge in [-0.25, -0.2) is 9.29 Å². The van der Waals surface area contributed by atoms with Gasteiger partial charge in [0.05, 0.1) is 33.9 Å². The minimum Gasteiger partial charge on any atom is -0.508 e. The number of carbonyl (C=O) groups excluding carboxylic acids is 4. The first-order valence-corrected chi connectivity index (χ1v) is 15.0. The normalized spacial score (nSPS) is 29.0. The molecule has 11 heteroatoms. The van der Waals surface area contributed by atoms with E-state index >= 15 is 0 Å². The van der Waals surface area contributed by atoms with Crippen LogP contribution in [0.15, 0.2) is 78.4 Å². The third-order valence-corrected chi connectivity index (χ3v) is 10.3. The van der Waals surface area contributed by atoms with Crippen LogP contribution in [0.2, 0.25) is 5.02 Å². The van der Waals surface area contributed by atoms with Gasteiger partial charge in [0.15, 0.2) is 0 Å². The molecule has 2 N–H and O–H groups in total. The number of aromatic hydroxyl groups is 1. The van der Waals surface area contributed by atoms with Crippen LogP contribution in [0.25, 0.3) is 0 Å². The van der Waals surface area contributed by atoms with Crippen LogP contribution in [0.5, 0.6) is 11.5 Å².